The van der Waals surface area contributed by atoms with Gasteiger partial charge in [0.15, 0.2) is 0 Å². The third-order valence-corrected chi connectivity index (χ3v) is 20.8. The number of carbonyl (C=O) groups is 10. The molecule has 2 aliphatic heterocycles. The number of hydrogen-bond donors (Lipinski definition) is 13. The van der Waals surface area contributed by atoms with E-state index >= 15 is 28.4 Å². The van der Waals surface area contributed by atoms with Crippen LogP contribution in [0.15, 0.2) is 110 Å². The number of phenols is 1. The second kappa shape index (κ2) is 34.7. The maximum atomic E-state index is 15.5. The number of nitrogens with two attached hydrogens (primary N) is 1. The molecular weight excluding hydrogens is 1360 g/mol. The number of thioether (sulfide) groups is 2. The summed E-state index contributed by atoms with van der Waals surface area (Å²) in [5.41, 5.74) is 6.50. The first-order valence-corrected chi connectivity index (χ1v) is 36.1. The molecule has 0 radical (unpaired) electrons. The molecule has 1 fully saturated rings. The number of unbranched alkanes of at least 4 members (excludes halogenated alkanes) is 1. The molecule has 3 aromatic heterocycles. The second-order valence-electron chi connectivity index (χ2n) is 26.6. The van der Waals surface area contributed by atoms with Gasteiger partial charge in [0.1, 0.15) is 65.2 Å². The first kappa shape index (κ1) is 76.4. The van der Waals surface area contributed by atoms with E-state index < -0.39 is 130 Å². The summed E-state index contributed by atoms with van der Waals surface area (Å²) in [4.78, 5) is 163. The molecule has 7 aromatic rings. The van der Waals surface area contributed by atoms with Crippen molar-refractivity contribution in [3.8, 4) is 5.75 Å². The number of H-pyrrole nitrogens is 3. The summed E-state index contributed by atoms with van der Waals surface area (Å²) >= 11 is 3.11. The number of carboxylic acids is 1. The number of phenolic OH excluding ortho intramolecular Hbond substituents is 1. The summed E-state index contributed by atoms with van der Waals surface area (Å²) < 4.78 is 30.1. The molecule has 544 valence electrons. The second-order valence-corrected chi connectivity index (χ2v) is 28.8. The summed E-state index contributed by atoms with van der Waals surface area (Å²) in [5.74, 6) is -8.24. The highest BCUT2D eigenvalue weighted by Crippen LogP contribution is 2.33. The molecule has 9 amide bonds. The Morgan fingerprint density at radius 1 is 0.686 bits per heavy atom. The van der Waals surface area contributed by atoms with Gasteiger partial charge in [-0.2, -0.15) is 23.5 Å². The Labute approximate surface area is 596 Å². The molecule has 2 bridgehead atoms. The van der Waals surface area contributed by atoms with Crippen LogP contribution in [0.3, 0.4) is 0 Å². The van der Waals surface area contributed by atoms with Crippen LogP contribution in [0.25, 0.3) is 21.8 Å². The summed E-state index contributed by atoms with van der Waals surface area (Å²) in [6, 6.07) is 10.6. The van der Waals surface area contributed by atoms with Crippen molar-refractivity contribution in [2.45, 2.75) is 151 Å². The minimum atomic E-state index is -2.24. The van der Waals surface area contributed by atoms with Gasteiger partial charge in [-0.25, -0.2) is 13.8 Å². The number of nitrogens with zero attached hydrogens (tertiary/aromatic N) is 3. The van der Waals surface area contributed by atoms with E-state index in [1.54, 1.807) is 30.8 Å². The van der Waals surface area contributed by atoms with Crippen LogP contribution < -0.4 is 43.0 Å². The van der Waals surface area contributed by atoms with Crippen LogP contribution in [-0.2, 0) is 85.1 Å². The molecule has 0 aliphatic carbocycles. The SMILES string of the molecule is C[C@H]1NC(=O)[C@H](CCCCN)NC(=O)CCSCc2cccc(c2)CSCCNC(=O)[C@]2(C)CCCN2C(=O)[C@H](Cc2ccc(O)cc2)N(C)C(=O)[C@H](Cc2cnc[nH]2)NC(=O)C(C(C)(C)C(=O)O)NC(=O)[C@H](Cc2c[nH]c3ccc(F)cc23)NC(=O)[C@H](Cc2c[nH]c3ccc(F)cc23)NC1=O. The first-order chi connectivity index (χ1) is 48.7. The quantitative estimate of drug-likeness (QED) is 0.0657. The largest absolute Gasteiger partial charge is 0.508 e. The number of fused-ring (bicyclic) bond motifs is 5. The fourth-order valence-electron chi connectivity index (χ4n) is 12.6. The molecule has 102 heavy (non-hydrogen) atoms. The highest BCUT2D eigenvalue weighted by Gasteiger charge is 2.50. The number of nitrogens with one attached hydrogen (secondary N) is 10. The van der Waals surface area contributed by atoms with Crippen LogP contribution in [-0.4, -0.2) is 185 Å². The lowest BCUT2D eigenvalue weighted by molar-refractivity contribution is -0.154. The van der Waals surface area contributed by atoms with Gasteiger partial charge in [0.05, 0.1) is 11.7 Å². The maximum Gasteiger partial charge on any atom is 0.311 e. The van der Waals surface area contributed by atoms with Crippen molar-refractivity contribution in [2.75, 3.05) is 38.2 Å². The van der Waals surface area contributed by atoms with Crippen LogP contribution in [0.2, 0.25) is 0 Å². The zero-order valence-corrected chi connectivity index (χ0v) is 59.1. The van der Waals surface area contributed by atoms with Crippen molar-refractivity contribution in [3.05, 3.63) is 155 Å². The number of carboxylic acid groups (broad SMARTS) is 1. The normalized spacial score (nSPS) is 22.9. The summed E-state index contributed by atoms with van der Waals surface area (Å²) in [6.45, 7) is 6.01. The van der Waals surface area contributed by atoms with Crippen molar-refractivity contribution in [1.29, 1.82) is 0 Å². The highest BCUT2D eigenvalue weighted by molar-refractivity contribution is 7.98. The number of likely N-dealkylation sites (N-methyl/N-ethyl adjacent to an activating group) is 1. The van der Waals surface area contributed by atoms with Gasteiger partial charge in [-0.15, -0.1) is 0 Å². The minimum Gasteiger partial charge on any atom is -0.508 e. The molecular formula is C72H88F2N14O12S2. The van der Waals surface area contributed by atoms with Gasteiger partial charge < -0.3 is 77.9 Å². The van der Waals surface area contributed by atoms with Gasteiger partial charge in [0.25, 0.3) is 0 Å². The number of carbonyl (C=O) groups excluding carboxylic acids is 9. The van der Waals surface area contributed by atoms with Gasteiger partial charge in [-0.05, 0) is 143 Å². The number of aliphatic carboxylic acids is 1. The Bertz CT molecular complexity index is 4170. The smallest absolute Gasteiger partial charge is 0.311 e. The number of aromatic hydroxyl groups is 1. The lowest BCUT2D eigenvalue weighted by Crippen LogP contribution is -2.64. The highest BCUT2D eigenvalue weighted by atomic mass is 32.2. The van der Waals surface area contributed by atoms with Gasteiger partial charge in [-0.3, -0.25) is 47.9 Å². The number of aromatic nitrogens is 4. The van der Waals surface area contributed by atoms with Gasteiger partial charge in [-0.1, -0.05) is 36.4 Å². The van der Waals surface area contributed by atoms with E-state index in [0.717, 1.165) is 29.9 Å². The monoisotopic (exact) mass is 1440 g/mol. The van der Waals surface area contributed by atoms with Gasteiger partial charge >= 0.3 is 5.97 Å². The van der Waals surface area contributed by atoms with Crippen molar-refractivity contribution in [1.82, 2.24) is 67.0 Å². The predicted molar refractivity (Wildman–Crippen MR) is 382 cm³/mol. The lowest BCUT2D eigenvalue weighted by atomic mass is 9.83. The van der Waals surface area contributed by atoms with Crippen molar-refractivity contribution >= 4 is 104 Å². The Hall–Kier alpha value is -9.81. The van der Waals surface area contributed by atoms with Crippen molar-refractivity contribution in [2.24, 2.45) is 11.1 Å². The summed E-state index contributed by atoms with van der Waals surface area (Å²) in [7, 11) is 1.35. The number of halogens is 2. The molecule has 8 atom stereocenters. The Morgan fingerprint density at radius 2 is 1.28 bits per heavy atom. The lowest BCUT2D eigenvalue weighted by Gasteiger charge is -2.39. The molecule has 26 nitrogen and oxygen atoms in total. The van der Waals surface area contributed by atoms with Crippen LogP contribution >= 0.6 is 23.5 Å². The number of rotatable bonds is 14. The van der Waals surface area contributed by atoms with Crippen molar-refractivity contribution in [3.63, 3.8) is 0 Å². The van der Waals surface area contributed by atoms with Gasteiger partial charge in [0.2, 0.25) is 53.2 Å². The standard InChI is InChI=1S/C72H88F2N14O12S2/c1-41-62(91)83-56(30-45-35-78-53-19-15-47(73)32-51(45)53)64(93)84-57(31-46-36-79-54-20-16-48(74)33-52(46)54)65(94)86-61(71(2,3)70(99)100)66(95)85-58(34-49-37-76-40-80-49)67(96)87(5)59(29-42-13-17-50(89)18-14-42)68(97)88-25-9-22-72(88,4)69(98)77-24-27-102-39-44-11-8-10-43(28-44)38-101-26-21-60(90)82-55(63(92)81-41)12-6-7-23-75/h8,10-11,13-20,28,32-33,35-37,40-41,55-59,61,78-79,89H,6-7,9,12,21-27,29-31,34,38-39,75H2,1-5H3,(H,76,80)(H,77,98)(H,81,92)(H,82,90)(H,83,91)(H,84,93)(H,85,95)(H,86,94)(H,99,100)/t41-,55+,56+,57+,58+,59+,61?,72+/m1/s1. The van der Waals surface area contributed by atoms with E-state index in [1.165, 1.54) is 104 Å². The van der Waals surface area contributed by atoms with Crippen molar-refractivity contribution < 1.29 is 66.9 Å². The van der Waals surface area contributed by atoms with E-state index in [2.05, 4.69) is 63.2 Å². The average molecular weight is 1440 g/mol. The molecule has 9 rings (SSSR count). The number of imidazole rings is 1. The Morgan fingerprint density at radius 3 is 1.89 bits per heavy atom. The van der Waals surface area contributed by atoms with E-state index in [-0.39, 0.29) is 68.3 Å². The molecule has 0 spiro atoms. The number of hydrogen-bond acceptors (Lipinski definition) is 15. The number of amides is 9. The van der Waals surface area contributed by atoms with Crippen LogP contribution in [0.4, 0.5) is 8.78 Å². The molecule has 1 unspecified atom stereocenters. The maximum absolute atomic E-state index is 15.5. The Balaban J connectivity index is 1.09. The van der Waals surface area contributed by atoms with Crippen LogP contribution in [0.1, 0.15) is 99.7 Å². The van der Waals surface area contributed by atoms with E-state index in [4.69, 9.17) is 5.73 Å². The molecule has 5 heterocycles. The molecule has 1 saturated heterocycles. The van der Waals surface area contributed by atoms with Crippen LogP contribution in [0, 0.1) is 17.0 Å². The molecule has 2 aliphatic rings. The van der Waals surface area contributed by atoms with E-state index in [1.807, 2.05) is 18.2 Å². The first-order valence-electron chi connectivity index (χ1n) is 33.8. The van der Waals surface area contributed by atoms with E-state index in [0.29, 0.717) is 82.1 Å². The third kappa shape index (κ3) is 19.4. The molecule has 14 N–H and O–H groups in total. The minimum absolute atomic E-state index is 0.0494. The predicted octanol–water partition coefficient (Wildman–Crippen LogP) is 4.69. The molecule has 4 aromatic carbocycles. The average Bonchev–Trinajstić information content (AvgIpc) is 1.44. The summed E-state index contributed by atoms with van der Waals surface area (Å²) in [6.07, 6.45) is 6.22. The molecule has 30 heteroatoms. The summed E-state index contributed by atoms with van der Waals surface area (Å²) in [5, 5.41) is 40.9. The topological polar surface area (TPSA) is 388 Å². The number of benzene rings is 4. The van der Waals surface area contributed by atoms with E-state index in [9.17, 15) is 38.6 Å². The fourth-order valence-corrected chi connectivity index (χ4v) is 14.3. The third-order valence-electron chi connectivity index (χ3n) is 18.7. The molecule has 0 saturated carbocycles. The zero-order chi connectivity index (χ0) is 73.4. The number of aromatic amines is 3. The zero-order valence-electron chi connectivity index (χ0n) is 57.4. The Kier molecular flexibility index (Phi) is 26.0. The van der Waals surface area contributed by atoms with Gasteiger partial charge in [0, 0.05) is 121 Å². The fraction of sp³-hybridized carbons (Fsp3) is 0.431. The van der Waals surface area contributed by atoms with Crippen LogP contribution in [0.5, 0.6) is 5.75 Å².